The molecule has 0 aliphatic rings. The summed E-state index contributed by atoms with van der Waals surface area (Å²) in [5, 5.41) is 0.771. The molecule has 0 amide bonds. The van der Waals surface area contributed by atoms with Gasteiger partial charge in [-0.15, -0.1) is 0 Å². The van der Waals surface area contributed by atoms with Crippen molar-refractivity contribution in [1.82, 2.24) is 0 Å². The second-order valence-electron chi connectivity index (χ2n) is 8.29. The number of ether oxygens (including phenoxy) is 1. The van der Waals surface area contributed by atoms with E-state index in [1.54, 1.807) is 0 Å². The van der Waals surface area contributed by atoms with Crippen molar-refractivity contribution in [1.29, 1.82) is 0 Å². The molecule has 0 unspecified atom stereocenters. The molecule has 0 heterocycles. The molecule has 0 saturated carbocycles. The van der Waals surface area contributed by atoms with Crippen LogP contribution in [0.3, 0.4) is 0 Å². The van der Waals surface area contributed by atoms with Crippen LogP contribution in [0, 0.1) is 0 Å². The van der Waals surface area contributed by atoms with E-state index >= 15 is 0 Å². The summed E-state index contributed by atoms with van der Waals surface area (Å²) >= 11 is 5.06. The number of hydrogen-bond donors (Lipinski definition) is 0. The molecule has 0 atom stereocenters. The molecule has 0 fully saturated rings. The van der Waals surface area contributed by atoms with Gasteiger partial charge in [0.05, 0.1) is 6.61 Å². The Kier molecular flexibility index (Phi) is 23.8. The van der Waals surface area contributed by atoms with Gasteiger partial charge in [-0.2, -0.15) is 0 Å². The van der Waals surface area contributed by atoms with Gasteiger partial charge in [0.2, 0.25) is 0 Å². The number of hydrogen-bond acceptors (Lipinski definition) is 2. The van der Waals surface area contributed by atoms with Crippen molar-refractivity contribution in [3.8, 4) is 0 Å². The second kappa shape index (κ2) is 23.9. The van der Waals surface area contributed by atoms with Crippen LogP contribution < -0.4 is 0 Å². The zero-order chi connectivity index (χ0) is 19.8. The monoisotopic (exact) mass is 398 g/mol. The second-order valence-corrected chi connectivity index (χ2v) is 8.75. The molecule has 0 N–H and O–H groups in total. The highest BCUT2D eigenvalue weighted by molar-refractivity contribution is 7.80. The highest BCUT2D eigenvalue weighted by atomic mass is 32.1. The minimum Gasteiger partial charge on any atom is -0.487 e. The zero-order valence-electron chi connectivity index (χ0n) is 18.9. The lowest BCUT2D eigenvalue weighted by atomic mass is 10.0. The van der Waals surface area contributed by atoms with Crippen LogP contribution in [0.2, 0.25) is 0 Å². The molecule has 0 aromatic heterocycles. The predicted octanol–water partition coefficient (Wildman–Crippen LogP) is 9.56. The summed E-state index contributed by atoms with van der Waals surface area (Å²) in [5.41, 5.74) is 0. The summed E-state index contributed by atoms with van der Waals surface area (Å²) in [4.78, 5) is 0. The zero-order valence-corrected chi connectivity index (χ0v) is 19.7. The summed E-state index contributed by atoms with van der Waals surface area (Å²) < 4.78 is 5.46. The lowest BCUT2D eigenvalue weighted by Crippen LogP contribution is -2.01. The highest BCUT2D eigenvalue weighted by Gasteiger charge is 1.96. The first-order valence-electron chi connectivity index (χ1n) is 12.5. The van der Waals surface area contributed by atoms with Gasteiger partial charge < -0.3 is 4.74 Å². The third-order valence-corrected chi connectivity index (χ3v) is 5.96. The Labute approximate surface area is 177 Å². The predicted molar refractivity (Wildman–Crippen MR) is 127 cm³/mol. The molecule has 27 heavy (non-hydrogen) atoms. The fourth-order valence-corrected chi connectivity index (χ4v) is 3.73. The largest absolute Gasteiger partial charge is 0.487 e. The van der Waals surface area contributed by atoms with E-state index in [9.17, 15) is 0 Å². The van der Waals surface area contributed by atoms with Crippen LogP contribution in [0.5, 0.6) is 0 Å². The quantitative estimate of drug-likeness (QED) is 0.133. The van der Waals surface area contributed by atoms with Gasteiger partial charge in [0.25, 0.3) is 0 Å². The Morgan fingerprint density at radius 2 is 0.778 bits per heavy atom. The van der Waals surface area contributed by atoms with Gasteiger partial charge in [-0.3, -0.25) is 0 Å². The summed E-state index contributed by atoms with van der Waals surface area (Å²) in [6.45, 7) is 5.18. The highest BCUT2D eigenvalue weighted by Crippen LogP contribution is 2.14. The standard InChI is InChI=1S/C25H50OS/c1-3-5-6-7-8-9-10-11-12-13-14-15-16-17-18-19-20-21-22-23-24-26-25(27)4-2/h3-24H2,1-2H3. The first-order chi connectivity index (χ1) is 13.3. The fraction of sp³-hybridized carbons (Fsp3) is 0.960. The first kappa shape index (κ1) is 26.9. The van der Waals surface area contributed by atoms with Crippen LogP contribution >= 0.6 is 12.2 Å². The molecular formula is C25H50OS. The third kappa shape index (κ3) is 23.9. The smallest absolute Gasteiger partial charge is 0.159 e. The Bertz CT molecular complexity index is 290. The molecular weight excluding hydrogens is 348 g/mol. The van der Waals surface area contributed by atoms with Gasteiger partial charge in [0.15, 0.2) is 5.05 Å². The number of rotatable bonds is 22. The molecule has 0 bridgehead atoms. The van der Waals surface area contributed by atoms with Crippen molar-refractivity contribution in [3.05, 3.63) is 0 Å². The molecule has 0 spiro atoms. The van der Waals surface area contributed by atoms with E-state index in [1.165, 1.54) is 128 Å². The van der Waals surface area contributed by atoms with Gasteiger partial charge in [0.1, 0.15) is 0 Å². The van der Waals surface area contributed by atoms with E-state index in [-0.39, 0.29) is 0 Å². The van der Waals surface area contributed by atoms with Crippen LogP contribution in [0.15, 0.2) is 0 Å². The number of unbranched alkanes of at least 4 members (excludes halogenated alkanes) is 19. The first-order valence-corrected chi connectivity index (χ1v) is 12.9. The van der Waals surface area contributed by atoms with Crippen LogP contribution in [0.25, 0.3) is 0 Å². The van der Waals surface area contributed by atoms with Crippen LogP contribution in [-0.2, 0) is 4.74 Å². The molecule has 0 saturated heterocycles. The molecule has 0 aromatic carbocycles. The molecule has 2 heteroatoms. The Hall–Kier alpha value is -0.110. The van der Waals surface area contributed by atoms with Crippen molar-refractivity contribution in [2.75, 3.05) is 6.61 Å². The molecule has 0 radical (unpaired) electrons. The fourth-order valence-electron chi connectivity index (χ4n) is 3.65. The van der Waals surface area contributed by atoms with Crippen molar-refractivity contribution >= 4 is 17.3 Å². The van der Waals surface area contributed by atoms with Gasteiger partial charge in [-0.05, 0) is 18.6 Å². The van der Waals surface area contributed by atoms with Gasteiger partial charge in [-0.1, -0.05) is 136 Å². The van der Waals surface area contributed by atoms with Gasteiger partial charge >= 0.3 is 0 Å². The van der Waals surface area contributed by atoms with Crippen LogP contribution in [0.4, 0.5) is 0 Å². The van der Waals surface area contributed by atoms with Crippen molar-refractivity contribution < 1.29 is 4.74 Å². The summed E-state index contributed by atoms with van der Waals surface area (Å²) in [7, 11) is 0. The van der Waals surface area contributed by atoms with Crippen molar-refractivity contribution in [2.24, 2.45) is 0 Å². The minimum atomic E-state index is 0.771. The van der Waals surface area contributed by atoms with E-state index in [4.69, 9.17) is 17.0 Å². The summed E-state index contributed by atoms with van der Waals surface area (Å²) in [6.07, 6.45) is 29.4. The maximum atomic E-state index is 5.46. The SMILES string of the molecule is CCCCCCCCCCCCCCCCCCCCCCOC(=S)CC. The lowest BCUT2D eigenvalue weighted by Gasteiger charge is -2.05. The summed E-state index contributed by atoms with van der Waals surface area (Å²) in [5.74, 6) is 0. The van der Waals surface area contributed by atoms with Crippen LogP contribution in [0.1, 0.15) is 149 Å². The van der Waals surface area contributed by atoms with Crippen molar-refractivity contribution in [3.63, 3.8) is 0 Å². The molecule has 162 valence electrons. The maximum Gasteiger partial charge on any atom is 0.159 e. The van der Waals surface area contributed by atoms with E-state index in [0.717, 1.165) is 18.1 Å². The van der Waals surface area contributed by atoms with Gasteiger partial charge in [-0.25, -0.2) is 0 Å². The Morgan fingerprint density at radius 1 is 0.481 bits per heavy atom. The van der Waals surface area contributed by atoms with Crippen molar-refractivity contribution in [2.45, 2.75) is 149 Å². The third-order valence-electron chi connectivity index (χ3n) is 5.55. The van der Waals surface area contributed by atoms with E-state index in [1.807, 2.05) is 0 Å². The van der Waals surface area contributed by atoms with E-state index < -0.39 is 0 Å². The molecule has 0 rings (SSSR count). The molecule has 0 aliphatic carbocycles. The van der Waals surface area contributed by atoms with Crippen LogP contribution in [-0.4, -0.2) is 11.7 Å². The minimum absolute atomic E-state index is 0.771. The van der Waals surface area contributed by atoms with Gasteiger partial charge in [0, 0.05) is 6.42 Å². The average Bonchev–Trinajstić information content (AvgIpc) is 2.68. The maximum absolute atomic E-state index is 5.46. The molecule has 1 nitrogen and oxygen atoms in total. The Balaban J connectivity index is 3.00. The van der Waals surface area contributed by atoms with E-state index in [0.29, 0.717) is 0 Å². The molecule has 0 aliphatic heterocycles. The van der Waals surface area contributed by atoms with E-state index in [2.05, 4.69) is 13.8 Å². The topological polar surface area (TPSA) is 9.23 Å². The lowest BCUT2D eigenvalue weighted by molar-refractivity contribution is 0.293. The number of thiocarbonyl (C=S) groups is 1. The normalized spacial score (nSPS) is 11.0. The molecule has 0 aromatic rings. The Morgan fingerprint density at radius 3 is 1.07 bits per heavy atom. The average molecular weight is 399 g/mol. The summed E-state index contributed by atoms with van der Waals surface area (Å²) in [6, 6.07) is 0.